The summed E-state index contributed by atoms with van der Waals surface area (Å²) in [6.07, 6.45) is -0.214. The number of hydrazine groups is 1. The maximum atomic E-state index is 12.2. The summed E-state index contributed by atoms with van der Waals surface area (Å²) < 4.78 is 0. The van der Waals surface area contributed by atoms with Crippen molar-refractivity contribution in [3.05, 3.63) is 72.3 Å². The van der Waals surface area contributed by atoms with Crippen LogP contribution >= 0.6 is 0 Å². The SMILES string of the molecule is NC(CCc1ccccc1)C(O)C(=O)NNc1cc2ccccc2cc1O. The molecule has 0 aliphatic rings. The van der Waals surface area contributed by atoms with Crippen molar-refractivity contribution in [2.75, 3.05) is 5.43 Å². The number of fused-ring (bicyclic) bond motifs is 1. The van der Waals surface area contributed by atoms with E-state index in [1.54, 1.807) is 12.1 Å². The molecule has 3 aromatic carbocycles. The van der Waals surface area contributed by atoms with Crippen LogP contribution in [-0.4, -0.2) is 28.3 Å². The molecule has 3 aromatic rings. The van der Waals surface area contributed by atoms with Gasteiger partial charge in [-0.2, -0.15) is 0 Å². The number of carbonyl (C=O) groups excluding carboxylic acids is 1. The molecule has 0 aliphatic carbocycles. The van der Waals surface area contributed by atoms with Gasteiger partial charge in [-0.1, -0.05) is 54.6 Å². The van der Waals surface area contributed by atoms with Gasteiger partial charge in [-0.05, 0) is 41.3 Å². The van der Waals surface area contributed by atoms with Gasteiger partial charge in [0.05, 0.1) is 5.69 Å². The maximum Gasteiger partial charge on any atom is 0.268 e. The van der Waals surface area contributed by atoms with E-state index in [4.69, 9.17) is 5.73 Å². The third-order valence-electron chi connectivity index (χ3n) is 4.47. The number of carbonyl (C=O) groups is 1. The standard InChI is InChI=1S/C21H23N3O3/c22-17(11-10-14-6-2-1-3-7-14)20(26)21(27)24-23-18-12-15-8-4-5-9-16(15)13-19(18)25/h1-9,12-13,17,20,23,25-26H,10-11,22H2,(H,24,27). The summed E-state index contributed by atoms with van der Waals surface area (Å²) in [4.78, 5) is 12.2. The van der Waals surface area contributed by atoms with Crippen LogP contribution in [0.2, 0.25) is 0 Å². The number of hydrogen-bond donors (Lipinski definition) is 5. The van der Waals surface area contributed by atoms with Crippen molar-refractivity contribution >= 4 is 22.4 Å². The predicted molar refractivity (Wildman–Crippen MR) is 106 cm³/mol. The van der Waals surface area contributed by atoms with Gasteiger partial charge in [-0.3, -0.25) is 15.6 Å². The topological polar surface area (TPSA) is 108 Å². The highest BCUT2D eigenvalue weighted by molar-refractivity contribution is 5.89. The van der Waals surface area contributed by atoms with Crippen LogP contribution in [0.5, 0.6) is 5.75 Å². The molecule has 0 saturated heterocycles. The third-order valence-corrected chi connectivity index (χ3v) is 4.47. The number of anilines is 1. The predicted octanol–water partition coefficient (Wildman–Crippen LogP) is 2.31. The van der Waals surface area contributed by atoms with Crippen LogP contribution in [0.1, 0.15) is 12.0 Å². The van der Waals surface area contributed by atoms with Gasteiger partial charge in [0.2, 0.25) is 0 Å². The molecule has 6 heteroatoms. The lowest BCUT2D eigenvalue weighted by molar-refractivity contribution is -0.129. The third kappa shape index (κ3) is 4.75. The molecule has 0 fully saturated rings. The van der Waals surface area contributed by atoms with E-state index in [1.807, 2.05) is 54.6 Å². The summed E-state index contributed by atoms with van der Waals surface area (Å²) in [5.74, 6) is -0.653. The number of nitrogens with one attached hydrogen (secondary N) is 2. The number of nitrogens with two attached hydrogens (primary N) is 1. The first kappa shape index (κ1) is 18.7. The first-order valence-electron chi connectivity index (χ1n) is 8.80. The van der Waals surface area contributed by atoms with Gasteiger partial charge in [-0.25, -0.2) is 0 Å². The zero-order valence-corrected chi connectivity index (χ0v) is 14.8. The molecule has 0 spiro atoms. The van der Waals surface area contributed by atoms with E-state index in [2.05, 4.69) is 10.9 Å². The zero-order valence-electron chi connectivity index (χ0n) is 14.8. The number of phenolic OH excluding ortho intramolecular Hbond substituents is 1. The molecule has 1 amide bonds. The molecule has 6 nitrogen and oxygen atoms in total. The highest BCUT2D eigenvalue weighted by Gasteiger charge is 2.22. The summed E-state index contributed by atoms with van der Waals surface area (Å²) >= 11 is 0. The normalized spacial score (nSPS) is 13.1. The van der Waals surface area contributed by atoms with Gasteiger partial charge in [-0.15, -0.1) is 0 Å². The average molecular weight is 365 g/mol. The van der Waals surface area contributed by atoms with Gasteiger partial charge in [0.1, 0.15) is 11.9 Å². The van der Waals surface area contributed by atoms with Crippen LogP contribution < -0.4 is 16.6 Å². The summed E-state index contributed by atoms with van der Waals surface area (Å²) in [6, 6.07) is 19.9. The first-order chi connectivity index (χ1) is 13.0. The number of aliphatic hydroxyl groups is 1. The van der Waals surface area contributed by atoms with Crippen LogP contribution in [0.15, 0.2) is 66.7 Å². The Bertz CT molecular complexity index is 915. The Morgan fingerprint density at radius 2 is 1.63 bits per heavy atom. The molecular formula is C21H23N3O3. The first-order valence-corrected chi connectivity index (χ1v) is 8.80. The molecule has 6 N–H and O–H groups in total. The van der Waals surface area contributed by atoms with Crippen molar-refractivity contribution in [2.24, 2.45) is 5.73 Å². The molecule has 3 rings (SSSR count). The number of aromatic hydroxyl groups is 1. The van der Waals surface area contributed by atoms with Crippen molar-refractivity contribution in [1.82, 2.24) is 5.43 Å². The monoisotopic (exact) mass is 365 g/mol. The highest BCUT2D eigenvalue weighted by atomic mass is 16.3. The van der Waals surface area contributed by atoms with Crippen molar-refractivity contribution in [3.63, 3.8) is 0 Å². The molecule has 2 unspecified atom stereocenters. The van der Waals surface area contributed by atoms with Gasteiger partial charge >= 0.3 is 0 Å². The molecule has 0 aromatic heterocycles. The number of rotatable bonds is 7. The van der Waals surface area contributed by atoms with Gasteiger partial charge in [0.15, 0.2) is 0 Å². The van der Waals surface area contributed by atoms with E-state index in [0.717, 1.165) is 16.3 Å². The van der Waals surface area contributed by atoms with E-state index < -0.39 is 18.1 Å². The summed E-state index contributed by atoms with van der Waals surface area (Å²) in [5.41, 5.74) is 12.4. The lowest BCUT2D eigenvalue weighted by atomic mass is 10.0. The second kappa shape index (κ2) is 8.53. The summed E-state index contributed by atoms with van der Waals surface area (Å²) in [6.45, 7) is 0. The smallest absolute Gasteiger partial charge is 0.268 e. The second-order valence-electron chi connectivity index (χ2n) is 6.46. The number of aliphatic hydroxyl groups excluding tert-OH is 1. The molecular weight excluding hydrogens is 342 g/mol. The van der Waals surface area contributed by atoms with Gasteiger partial charge in [0, 0.05) is 6.04 Å². The molecule has 2 atom stereocenters. The van der Waals surface area contributed by atoms with Crippen LogP contribution in [0.3, 0.4) is 0 Å². The fourth-order valence-corrected chi connectivity index (χ4v) is 2.86. The van der Waals surface area contributed by atoms with Crippen molar-refractivity contribution in [1.29, 1.82) is 0 Å². The van der Waals surface area contributed by atoms with E-state index in [-0.39, 0.29) is 5.75 Å². The Labute approximate surface area is 157 Å². The lowest BCUT2D eigenvalue weighted by Crippen LogP contribution is -2.48. The minimum Gasteiger partial charge on any atom is -0.506 e. The van der Waals surface area contributed by atoms with Gasteiger partial charge in [0.25, 0.3) is 5.91 Å². The molecule has 140 valence electrons. The van der Waals surface area contributed by atoms with Crippen molar-refractivity contribution in [2.45, 2.75) is 25.0 Å². The van der Waals surface area contributed by atoms with E-state index >= 15 is 0 Å². The second-order valence-corrected chi connectivity index (χ2v) is 6.46. The summed E-state index contributed by atoms with van der Waals surface area (Å²) in [5, 5.41) is 22.0. The van der Waals surface area contributed by atoms with E-state index in [1.165, 1.54) is 0 Å². The van der Waals surface area contributed by atoms with E-state index in [9.17, 15) is 15.0 Å². The Hall–Kier alpha value is -3.09. The van der Waals surface area contributed by atoms with Crippen molar-refractivity contribution in [3.8, 4) is 5.75 Å². The lowest BCUT2D eigenvalue weighted by Gasteiger charge is -2.19. The van der Waals surface area contributed by atoms with E-state index in [0.29, 0.717) is 18.5 Å². The van der Waals surface area contributed by atoms with Crippen LogP contribution in [0.4, 0.5) is 5.69 Å². The fourth-order valence-electron chi connectivity index (χ4n) is 2.86. The number of hydrogen-bond acceptors (Lipinski definition) is 5. The minimum atomic E-state index is -1.36. The maximum absolute atomic E-state index is 12.2. The average Bonchev–Trinajstić information content (AvgIpc) is 2.70. The number of phenols is 1. The molecule has 0 saturated carbocycles. The Balaban J connectivity index is 1.56. The Kier molecular flexibility index (Phi) is 5.90. The molecule has 0 bridgehead atoms. The number of benzene rings is 3. The molecule has 0 radical (unpaired) electrons. The fraction of sp³-hybridized carbons (Fsp3) is 0.190. The Morgan fingerprint density at radius 1 is 1.00 bits per heavy atom. The van der Waals surface area contributed by atoms with Crippen LogP contribution in [0.25, 0.3) is 10.8 Å². The van der Waals surface area contributed by atoms with Gasteiger partial charge < -0.3 is 15.9 Å². The van der Waals surface area contributed by atoms with Crippen LogP contribution in [-0.2, 0) is 11.2 Å². The molecule has 0 heterocycles. The van der Waals surface area contributed by atoms with Crippen LogP contribution in [0, 0.1) is 0 Å². The molecule has 27 heavy (non-hydrogen) atoms. The zero-order chi connectivity index (χ0) is 19.2. The largest absolute Gasteiger partial charge is 0.506 e. The minimum absolute atomic E-state index is 0.00290. The summed E-state index contributed by atoms with van der Waals surface area (Å²) in [7, 11) is 0. The molecule has 0 aliphatic heterocycles. The highest BCUT2D eigenvalue weighted by Crippen LogP contribution is 2.28. The number of amides is 1. The number of aryl methyl sites for hydroxylation is 1. The quantitative estimate of drug-likeness (QED) is 0.326. The Morgan fingerprint density at radius 3 is 2.33 bits per heavy atom. The van der Waals surface area contributed by atoms with Crippen molar-refractivity contribution < 1.29 is 15.0 Å².